The van der Waals surface area contributed by atoms with E-state index in [1.54, 1.807) is 11.4 Å². The normalized spacial score (nSPS) is 11.7. The van der Waals surface area contributed by atoms with Crippen LogP contribution in [0.5, 0.6) is 0 Å². The maximum Gasteiger partial charge on any atom is 0.529 e. The van der Waals surface area contributed by atoms with E-state index in [-0.39, 0.29) is 0 Å². The molecule has 0 saturated heterocycles. The fraction of sp³-hybridized carbons (Fsp3) is 0.818. The molecule has 30 heavy (non-hydrogen) atoms. The molecular formula is C22H48O6Si2. The molecule has 0 atom stereocenters. The largest absolute Gasteiger partial charge is 0.529 e. The fourth-order valence-electron chi connectivity index (χ4n) is 2.07. The molecule has 0 bridgehead atoms. The molecule has 0 aromatic rings. The molecule has 0 aliphatic rings. The summed E-state index contributed by atoms with van der Waals surface area (Å²) in [5.74, 6) is 0. The van der Waals surface area contributed by atoms with Gasteiger partial charge in [0.15, 0.2) is 0 Å². The van der Waals surface area contributed by atoms with Gasteiger partial charge in [-0.25, -0.2) is 0 Å². The maximum absolute atomic E-state index is 5.71. The van der Waals surface area contributed by atoms with Gasteiger partial charge in [-0.05, 0) is 49.9 Å². The standard InChI is InChI=1S/2C11H24O3Si/c2*1-5-9-12-15(8-4,13-10-6-2)14-11-7-3/h2*8H,4-7,9-11H2,1-3H3. The Hall–Kier alpha value is -0.326. The third-order valence-corrected chi connectivity index (χ3v) is 8.18. The van der Waals surface area contributed by atoms with E-state index in [2.05, 4.69) is 54.7 Å². The van der Waals surface area contributed by atoms with Crippen LogP contribution in [0.15, 0.2) is 24.6 Å². The molecule has 0 fully saturated rings. The number of hydrogen-bond acceptors (Lipinski definition) is 6. The van der Waals surface area contributed by atoms with Crippen molar-refractivity contribution in [3.63, 3.8) is 0 Å². The Morgan fingerprint density at radius 1 is 0.433 bits per heavy atom. The van der Waals surface area contributed by atoms with Gasteiger partial charge in [-0.15, -0.1) is 0 Å². The van der Waals surface area contributed by atoms with Crippen molar-refractivity contribution in [2.45, 2.75) is 80.1 Å². The Kier molecular flexibility index (Phi) is 23.2. The van der Waals surface area contributed by atoms with E-state index < -0.39 is 17.6 Å². The van der Waals surface area contributed by atoms with E-state index in [0.717, 1.165) is 38.5 Å². The van der Waals surface area contributed by atoms with E-state index in [9.17, 15) is 0 Å². The molecule has 0 rings (SSSR count). The van der Waals surface area contributed by atoms with Crippen molar-refractivity contribution in [1.29, 1.82) is 0 Å². The van der Waals surface area contributed by atoms with Gasteiger partial charge in [-0.3, -0.25) is 0 Å². The summed E-state index contributed by atoms with van der Waals surface area (Å²) in [6.07, 6.45) is 5.80. The van der Waals surface area contributed by atoms with Crippen LogP contribution >= 0.6 is 0 Å². The van der Waals surface area contributed by atoms with Crippen molar-refractivity contribution >= 4 is 17.6 Å². The average molecular weight is 465 g/mol. The van der Waals surface area contributed by atoms with E-state index in [1.807, 2.05) is 0 Å². The Labute approximate surface area is 188 Å². The Morgan fingerprint density at radius 3 is 0.700 bits per heavy atom. The molecule has 6 nitrogen and oxygen atoms in total. The highest BCUT2D eigenvalue weighted by Crippen LogP contribution is 2.13. The first-order chi connectivity index (χ1) is 14.5. The summed E-state index contributed by atoms with van der Waals surface area (Å²) >= 11 is 0. The second kappa shape index (κ2) is 21.9. The molecule has 0 aromatic heterocycles. The van der Waals surface area contributed by atoms with Crippen LogP contribution in [0.25, 0.3) is 0 Å². The van der Waals surface area contributed by atoms with Gasteiger partial charge in [-0.1, -0.05) is 54.7 Å². The summed E-state index contributed by atoms with van der Waals surface area (Å²) in [4.78, 5) is 0. The molecule has 180 valence electrons. The second-order valence-corrected chi connectivity index (χ2v) is 11.7. The van der Waals surface area contributed by atoms with E-state index in [1.165, 1.54) is 0 Å². The summed E-state index contributed by atoms with van der Waals surface area (Å²) in [7, 11) is -5.14. The molecule has 0 saturated carbocycles. The Bertz CT molecular complexity index is 316. The highest BCUT2D eigenvalue weighted by Gasteiger charge is 2.38. The first kappa shape index (κ1) is 31.9. The van der Waals surface area contributed by atoms with Crippen molar-refractivity contribution in [2.75, 3.05) is 39.6 Å². The van der Waals surface area contributed by atoms with Crippen LogP contribution in [-0.2, 0) is 26.6 Å². The van der Waals surface area contributed by atoms with Gasteiger partial charge in [0.2, 0.25) is 0 Å². The smallest absolute Gasteiger partial charge is 0.370 e. The van der Waals surface area contributed by atoms with Crippen LogP contribution in [0.3, 0.4) is 0 Å². The second-order valence-electron chi connectivity index (χ2n) is 6.71. The molecule has 8 heteroatoms. The highest BCUT2D eigenvalue weighted by molar-refractivity contribution is 6.66. The van der Waals surface area contributed by atoms with Crippen molar-refractivity contribution < 1.29 is 26.6 Å². The van der Waals surface area contributed by atoms with Crippen LogP contribution in [0, 0.1) is 0 Å². The topological polar surface area (TPSA) is 55.4 Å². The van der Waals surface area contributed by atoms with Gasteiger partial charge < -0.3 is 26.6 Å². The molecule has 0 unspecified atom stereocenters. The maximum atomic E-state index is 5.71. The SMILES string of the molecule is C=C[Si](OCCC)(OCCC)OCCC.C=C[Si](OCCC)(OCCC)OCCC. The highest BCUT2D eigenvalue weighted by atomic mass is 28.4. The molecule has 0 heterocycles. The van der Waals surface area contributed by atoms with Crippen LogP contribution in [-0.4, -0.2) is 57.3 Å². The molecule has 0 spiro atoms. The van der Waals surface area contributed by atoms with Gasteiger partial charge in [0.25, 0.3) is 0 Å². The predicted octanol–water partition coefficient (Wildman–Crippen LogP) is 5.86. The summed E-state index contributed by atoms with van der Waals surface area (Å²) in [5.41, 5.74) is 3.46. The van der Waals surface area contributed by atoms with E-state index in [0.29, 0.717) is 39.6 Å². The molecular weight excluding hydrogens is 416 g/mol. The zero-order valence-electron chi connectivity index (χ0n) is 20.5. The minimum Gasteiger partial charge on any atom is -0.370 e. The van der Waals surface area contributed by atoms with Crippen LogP contribution in [0.1, 0.15) is 80.1 Å². The summed E-state index contributed by atoms with van der Waals surface area (Å²) in [6.45, 7) is 24.0. The zero-order valence-corrected chi connectivity index (χ0v) is 22.5. The number of hydrogen-bond donors (Lipinski definition) is 0. The summed E-state index contributed by atoms with van der Waals surface area (Å²) in [6, 6.07) is 0. The van der Waals surface area contributed by atoms with Crippen LogP contribution < -0.4 is 0 Å². The zero-order chi connectivity index (χ0) is 23.1. The first-order valence-corrected chi connectivity index (χ1v) is 15.2. The lowest BCUT2D eigenvalue weighted by atomic mass is 10.5. The quantitative estimate of drug-likeness (QED) is 0.210. The van der Waals surface area contributed by atoms with Gasteiger partial charge in [0, 0.05) is 39.6 Å². The van der Waals surface area contributed by atoms with Gasteiger partial charge in [-0.2, -0.15) is 0 Å². The van der Waals surface area contributed by atoms with Crippen LogP contribution in [0.4, 0.5) is 0 Å². The fourth-order valence-corrected chi connectivity index (χ4v) is 6.21. The lowest BCUT2D eigenvalue weighted by Gasteiger charge is -2.26. The van der Waals surface area contributed by atoms with E-state index >= 15 is 0 Å². The van der Waals surface area contributed by atoms with Gasteiger partial charge in [0.1, 0.15) is 0 Å². The first-order valence-electron chi connectivity index (χ1n) is 11.6. The van der Waals surface area contributed by atoms with Crippen molar-refractivity contribution in [2.24, 2.45) is 0 Å². The van der Waals surface area contributed by atoms with Crippen molar-refractivity contribution in [3.8, 4) is 0 Å². The predicted molar refractivity (Wildman–Crippen MR) is 129 cm³/mol. The third kappa shape index (κ3) is 15.5. The monoisotopic (exact) mass is 464 g/mol. The molecule has 0 aromatic carbocycles. The minimum atomic E-state index is -2.57. The lowest BCUT2D eigenvalue weighted by molar-refractivity contribution is 0.0711. The molecule has 0 N–H and O–H groups in total. The van der Waals surface area contributed by atoms with E-state index in [4.69, 9.17) is 26.6 Å². The number of rotatable bonds is 20. The average Bonchev–Trinajstić information content (AvgIpc) is 2.79. The molecule has 0 aliphatic heterocycles. The van der Waals surface area contributed by atoms with Crippen LogP contribution in [0.2, 0.25) is 0 Å². The Morgan fingerprint density at radius 2 is 0.600 bits per heavy atom. The minimum absolute atomic E-state index is 0.672. The molecule has 0 radical (unpaired) electrons. The van der Waals surface area contributed by atoms with Crippen molar-refractivity contribution in [3.05, 3.63) is 24.6 Å². The van der Waals surface area contributed by atoms with Gasteiger partial charge >= 0.3 is 17.6 Å². The Balaban J connectivity index is 0. The van der Waals surface area contributed by atoms with Crippen molar-refractivity contribution in [1.82, 2.24) is 0 Å². The third-order valence-electron chi connectivity index (χ3n) is 3.54. The lowest BCUT2D eigenvalue weighted by Crippen LogP contribution is -2.44. The summed E-state index contributed by atoms with van der Waals surface area (Å²) < 4.78 is 34.3. The van der Waals surface area contributed by atoms with Gasteiger partial charge in [0.05, 0.1) is 0 Å². The molecule has 0 aliphatic carbocycles. The summed E-state index contributed by atoms with van der Waals surface area (Å²) in [5, 5.41) is 0. The molecule has 0 amide bonds.